The molecule has 1 aliphatic heterocycles. The first-order chi connectivity index (χ1) is 12.8. The average Bonchev–Trinajstić information content (AvgIpc) is 3.22. The molecule has 0 radical (unpaired) electrons. The quantitative estimate of drug-likeness (QED) is 0.667. The summed E-state index contributed by atoms with van der Waals surface area (Å²) in [6, 6.07) is 5.17. The van der Waals surface area contributed by atoms with Crippen LogP contribution >= 0.6 is 23.1 Å². The summed E-state index contributed by atoms with van der Waals surface area (Å²) in [6.07, 6.45) is 7.81. The number of nitrogens with zero attached hydrogens (tertiary/aromatic N) is 4. The van der Waals surface area contributed by atoms with E-state index in [2.05, 4.69) is 44.1 Å². The van der Waals surface area contributed by atoms with Crippen LogP contribution in [0, 0.1) is 0 Å². The van der Waals surface area contributed by atoms with Gasteiger partial charge in [0.25, 0.3) is 0 Å². The van der Waals surface area contributed by atoms with Gasteiger partial charge in [0.2, 0.25) is 5.91 Å². The number of likely N-dealkylation sites (tertiary alicyclic amines) is 1. The van der Waals surface area contributed by atoms with E-state index in [0.29, 0.717) is 17.8 Å². The third-order valence-corrected chi connectivity index (χ3v) is 7.11. The molecule has 4 rings (SSSR count). The lowest BCUT2D eigenvalue weighted by Crippen LogP contribution is -2.44. The Hall–Kier alpha value is -1.34. The molecule has 2 aliphatic rings. The molecule has 140 valence electrons. The molecule has 2 aromatic rings. The Labute approximate surface area is 163 Å². The molecule has 1 saturated carbocycles. The number of thioether (sulfide) groups is 1. The van der Waals surface area contributed by atoms with Crippen LogP contribution in [0.2, 0.25) is 0 Å². The second-order valence-corrected chi connectivity index (χ2v) is 9.16. The minimum Gasteiger partial charge on any atom is -0.339 e. The largest absolute Gasteiger partial charge is 0.339 e. The standard InChI is InChI=1S/C19H26N4OS2/c1-2-14-6-3-4-10-22(14)18(24)13-26-19-21-20-17(23(19)15-8-9-15)12-16-7-5-11-25-16/h5,7,11,14-15H,2-4,6,8-10,12-13H2,1H3. The van der Waals surface area contributed by atoms with Gasteiger partial charge in [-0.15, -0.1) is 21.5 Å². The van der Waals surface area contributed by atoms with Crippen LogP contribution in [0.1, 0.15) is 62.2 Å². The van der Waals surface area contributed by atoms with Crippen LogP contribution in [0.3, 0.4) is 0 Å². The van der Waals surface area contributed by atoms with Gasteiger partial charge < -0.3 is 9.47 Å². The Kier molecular flexibility index (Phi) is 5.64. The van der Waals surface area contributed by atoms with E-state index in [1.165, 1.54) is 24.1 Å². The summed E-state index contributed by atoms with van der Waals surface area (Å²) in [4.78, 5) is 16.2. The van der Waals surface area contributed by atoms with Crippen LogP contribution in [-0.2, 0) is 11.2 Å². The molecular formula is C19H26N4OS2. The zero-order valence-electron chi connectivity index (χ0n) is 15.3. The van der Waals surface area contributed by atoms with E-state index in [1.54, 1.807) is 23.1 Å². The highest BCUT2D eigenvalue weighted by Crippen LogP contribution is 2.39. The van der Waals surface area contributed by atoms with E-state index in [9.17, 15) is 4.79 Å². The van der Waals surface area contributed by atoms with Crippen LogP contribution in [0.4, 0.5) is 0 Å². The zero-order chi connectivity index (χ0) is 17.9. The summed E-state index contributed by atoms with van der Waals surface area (Å²) in [7, 11) is 0. The molecule has 0 aromatic carbocycles. The van der Waals surface area contributed by atoms with E-state index in [-0.39, 0.29) is 5.91 Å². The van der Waals surface area contributed by atoms with Crippen molar-refractivity contribution < 1.29 is 4.79 Å². The summed E-state index contributed by atoms with van der Waals surface area (Å²) >= 11 is 3.32. The van der Waals surface area contributed by atoms with Crippen LogP contribution in [0.5, 0.6) is 0 Å². The van der Waals surface area contributed by atoms with E-state index >= 15 is 0 Å². The van der Waals surface area contributed by atoms with Crippen molar-refractivity contribution in [3.05, 3.63) is 28.2 Å². The number of amides is 1. The molecule has 7 heteroatoms. The number of carbonyl (C=O) groups excluding carboxylic acids is 1. The van der Waals surface area contributed by atoms with Gasteiger partial charge in [0.15, 0.2) is 5.16 Å². The van der Waals surface area contributed by atoms with Crippen molar-refractivity contribution in [2.24, 2.45) is 0 Å². The van der Waals surface area contributed by atoms with Crippen molar-refractivity contribution in [1.29, 1.82) is 0 Å². The van der Waals surface area contributed by atoms with E-state index < -0.39 is 0 Å². The number of aromatic nitrogens is 3. The number of hydrogen-bond acceptors (Lipinski definition) is 5. The fourth-order valence-corrected chi connectivity index (χ4v) is 5.37. The van der Waals surface area contributed by atoms with E-state index in [0.717, 1.165) is 43.2 Å². The third-order valence-electron chi connectivity index (χ3n) is 5.30. The minimum absolute atomic E-state index is 0.256. The molecule has 1 unspecified atom stereocenters. The smallest absolute Gasteiger partial charge is 0.233 e. The van der Waals surface area contributed by atoms with Gasteiger partial charge in [0.1, 0.15) is 5.82 Å². The fraction of sp³-hybridized carbons (Fsp3) is 0.632. The van der Waals surface area contributed by atoms with Crippen LogP contribution < -0.4 is 0 Å². The summed E-state index contributed by atoms with van der Waals surface area (Å²) in [5.74, 6) is 1.77. The molecule has 1 atom stereocenters. The monoisotopic (exact) mass is 390 g/mol. The number of carbonyl (C=O) groups is 1. The molecule has 1 aliphatic carbocycles. The van der Waals surface area contributed by atoms with Gasteiger partial charge in [-0.2, -0.15) is 0 Å². The van der Waals surface area contributed by atoms with Crippen molar-refractivity contribution in [3.63, 3.8) is 0 Å². The molecule has 1 amide bonds. The molecular weight excluding hydrogens is 364 g/mol. The molecule has 3 heterocycles. The minimum atomic E-state index is 0.256. The maximum absolute atomic E-state index is 12.7. The molecule has 0 spiro atoms. The average molecular weight is 391 g/mol. The lowest BCUT2D eigenvalue weighted by atomic mass is 10.0. The number of thiophene rings is 1. The van der Waals surface area contributed by atoms with Crippen molar-refractivity contribution in [2.75, 3.05) is 12.3 Å². The van der Waals surface area contributed by atoms with Crippen molar-refractivity contribution in [2.45, 2.75) is 69.1 Å². The predicted octanol–water partition coefficient (Wildman–Crippen LogP) is 4.15. The highest BCUT2D eigenvalue weighted by Gasteiger charge is 2.31. The van der Waals surface area contributed by atoms with Crippen molar-refractivity contribution in [3.8, 4) is 0 Å². The number of hydrogen-bond donors (Lipinski definition) is 0. The molecule has 26 heavy (non-hydrogen) atoms. The molecule has 2 fully saturated rings. The van der Waals surface area contributed by atoms with E-state index in [1.807, 2.05) is 0 Å². The molecule has 0 bridgehead atoms. The highest BCUT2D eigenvalue weighted by atomic mass is 32.2. The maximum atomic E-state index is 12.7. The summed E-state index contributed by atoms with van der Waals surface area (Å²) in [5.41, 5.74) is 0. The van der Waals surface area contributed by atoms with Crippen LogP contribution in [0.25, 0.3) is 0 Å². The normalized spacial score (nSPS) is 20.5. The zero-order valence-corrected chi connectivity index (χ0v) is 16.9. The van der Waals surface area contributed by atoms with Gasteiger partial charge in [0, 0.05) is 29.9 Å². The first-order valence-electron chi connectivity index (χ1n) is 9.64. The van der Waals surface area contributed by atoms with E-state index in [4.69, 9.17) is 0 Å². The Bertz CT molecular complexity index is 739. The Balaban J connectivity index is 1.43. The van der Waals surface area contributed by atoms with Crippen LogP contribution in [0.15, 0.2) is 22.7 Å². The Morgan fingerprint density at radius 2 is 2.19 bits per heavy atom. The van der Waals surface area contributed by atoms with Crippen molar-refractivity contribution >= 4 is 29.0 Å². The second-order valence-electron chi connectivity index (χ2n) is 7.19. The van der Waals surface area contributed by atoms with Gasteiger partial charge in [-0.05, 0) is 50.0 Å². The Morgan fingerprint density at radius 1 is 1.31 bits per heavy atom. The number of piperidine rings is 1. The molecule has 2 aromatic heterocycles. The summed E-state index contributed by atoms with van der Waals surface area (Å²) < 4.78 is 2.28. The van der Waals surface area contributed by atoms with Gasteiger partial charge in [0.05, 0.1) is 5.75 Å². The van der Waals surface area contributed by atoms with Gasteiger partial charge in [-0.3, -0.25) is 4.79 Å². The molecule has 5 nitrogen and oxygen atoms in total. The van der Waals surface area contributed by atoms with Gasteiger partial charge in [-0.25, -0.2) is 0 Å². The third kappa shape index (κ3) is 3.98. The summed E-state index contributed by atoms with van der Waals surface area (Å²) in [6.45, 7) is 3.10. The predicted molar refractivity (Wildman–Crippen MR) is 106 cm³/mol. The van der Waals surface area contributed by atoms with Gasteiger partial charge >= 0.3 is 0 Å². The Morgan fingerprint density at radius 3 is 2.92 bits per heavy atom. The topological polar surface area (TPSA) is 51.0 Å². The molecule has 1 saturated heterocycles. The lowest BCUT2D eigenvalue weighted by Gasteiger charge is -2.35. The SMILES string of the molecule is CCC1CCCCN1C(=O)CSc1nnc(Cc2cccs2)n1C1CC1. The number of rotatable bonds is 7. The second kappa shape index (κ2) is 8.13. The highest BCUT2D eigenvalue weighted by molar-refractivity contribution is 7.99. The van der Waals surface area contributed by atoms with Crippen LogP contribution in [-0.4, -0.2) is 43.9 Å². The fourth-order valence-electron chi connectivity index (χ4n) is 3.76. The lowest BCUT2D eigenvalue weighted by molar-refractivity contribution is -0.132. The first-order valence-corrected chi connectivity index (χ1v) is 11.5. The van der Waals surface area contributed by atoms with Gasteiger partial charge in [-0.1, -0.05) is 24.8 Å². The summed E-state index contributed by atoms with van der Waals surface area (Å²) in [5, 5.41) is 11.9. The van der Waals surface area contributed by atoms with Crippen molar-refractivity contribution in [1.82, 2.24) is 19.7 Å². The first kappa shape index (κ1) is 18.0. The maximum Gasteiger partial charge on any atom is 0.233 e. The molecule has 0 N–H and O–H groups in total.